The summed E-state index contributed by atoms with van der Waals surface area (Å²) in [5.74, 6) is 0. The van der Waals surface area contributed by atoms with Crippen molar-refractivity contribution in [3.63, 3.8) is 0 Å². The lowest BCUT2D eigenvalue weighted by molar-refractivity contribution is -0.00760. The second kappa shape index (κ2) is 17.5. The Labute approximate surface area is 167 Å². The molecule has 1 fully saturated rings. The van der Waals surface area contributed by atoms with Crippen LogP contribution in [0.5, 0.6) is 0 Å². The first kappa shape index (κ1) is 24.5. The minimum Gasteiger partial charge on any atom is -0.446 e. The van der Waals surface area contributed by atoms with E-state index in [1.165, 1.54) is 0 Å². The van der Waals surface area contributed by atoms with Gasteiger partial charge in [-0.3, -0.25) is 0 Å². The minimum atomic E-state index is -0.374. The number of ether oxygens (including phenoxy) is 6. The molecule has 0 saturated heterocycles. The molecule has 1 aliphatic rings. The third-order valence-electron chi connectivity index (χ3n) is 3.98. The maximum Gasteiger partial charge on any atom is 0.407 e. The average molecular weight is 410 g/mol. The van der Waals surface area contributed by atoms with Gasteiger partial charge in [0.05, 0.1) is 59.5 Å². The fourth-order valence-corrected chi connectivity index (χ4v) is 2.78. The van der Waals surface area contributed by atoms with Crippen LogP contribution in [-0.2, 0) is 28.4 Å². The Morgan fingerprint density at radius 3 is 1.81 bits per heavy atom. The molecule has 8 nitrogen and oxygen atoms in total. The van der Waals surface area contributed by atoms with Crippen molar-refractivity contribution in [2.24, 2.45) is 0 Å². The Bertz CT molecular complexity index is 355. The van der Waals surface area contributed by atoms with Crippen molar-refractivity contribution in [3.8, 4) is 0 Å². The van der Waals surface area contributed by atoms with Crippen LogP contribution in [0.2, 0.25) is 0 Å². The van der Waals surface area contributed by atoms with Gasteiger partial charge in [0.2, 0.25) is 0 Å². The second-order valence-electron chi connectivity index (χ2n) is 6.20. The summed E-state index contributed by atoms with van der Waals surface area (Å²) in [4.78, 5) is 11.7. The number of carbonyl (C=O) groups excluding carboxylic acids is 1. The SMILES string of the molecule is COCCOCCOCCOCCOCCNC(=O)OC1CCC(S)CC1. The molecule has 0 aromatic rings. The monoisotopic (exact) mass is 409 g/mol. The van der Waals surface area contributed by atoms with Gasteiger partial charge in [-0.25, -0.2) is 4.79 Å². The van der Waals surface area contributed by atoms with E-state index in [2.05, 4.69) is 17.9 Å². The van der Waals surface area contributed by atoms with Crippen LogP contribution in [0, 0.1) is 0 Å². The highest BCUT2D eigenvalue weighted by molar-refractivity contribution is 7.80. The van der Waals surface area contributed by atoms with Crippen LogP contribution in [0.15, 0.2) is 0 Å². The lowest BCUT2D eigenvalue weighted by atomic mass is 9.97. The third kappa shape index (κ3) is 15.1. The molecule has 1 rings (SSSR count). The molecule has 0 heterocycles. The summed E-state index contributed by atoms with van der Waals surface area (Å²) in [6.45, 7) is 5.13. The number of hydrogen-bond acceptors (Lipinski definition) is 8. The topological polar surface area (TPSA) is 84.5 Å². The minimum absolute atomic E-state index is 0.0156. The average Bonchev–Trinajstić information content (AvgIpc) is 2.66. The molecule has 1 aliphatic carbocycles. The maximum atomic E-state index is 11.7. The van der Waals surface area contributed by atoms with Crippen LogP contribution >= 0.6 is 12.6 Å². The number of thiol groups is 1. The van der Waals surface area contributed by atoms with Gasteiger partial charge in [0.15, 0.2) is 0 Å². The highest BCUT2D eigenvalue weighted by Gasteiger charge is 2.21. The molecule has 0 bridgehead atoms. The van der Waals surface area contributed by atoms with Crippen molar-refractivity contribution in [2.75, 3.05) is 73.1 Å². The third-order valence-corrected chi connectivity index (χ3v) is 4.50. The summed E-state index contributed by atoms with van der Waals surface area (Å²) in [5, 5.41) is 3.14. The molecule has 0 aromatic carbocycles. The number of nitrogens with one attached hydrogen (secondary N) is 1. The Hall–Kier alpha value is -0.580. The second-order valence-corrected chi connectivity index (χ2v) is 6.94. The van der Waals surface area contributed by atoms with Crippen LogP contribution in [0.25, 0.3) is 0 Å². The van der Waals surface area contributed by atoms with E-state index in [1.54, 1.807) is 7.11 Å². The van der Waals surface area contributed by atoms with Crippen LogP contribution in [0.1, 0.15) is 25.7 Å². The lowest BCUT2D eigenvalue weighted by Gasteiger charge is -2.25. The van der Waals surface area contributed by atoms with E-state index in [4.69, 9.17) is 28.4 Å². The predicted octanol–water partition coefficient (Wildman–Crippen LogP) is 1.67. The van der Waals surface area contributed by atoms with Crippen molar-refractivity contribution in [1.82, 2.24) is 5.32 Å². The number of alkyl carbamates (subject to hydrolysis) is 1. The zero-order valence-corrected chi connectivity index (χ0v) is 17.3. The molecule has 1 amide bonds. The lowest BCUT2D eigenvalue weighted by Crippen LogP contribution is -2.33. The van der Waals surface area contributed by atoms with E-state index in [0.29, 0.717) is 71.3 Å². The highest BCUT2D eigenvalue weighted by atomic mass is 32.1. The van der Waals surface area contributed by atoms with Crippen molar-refractivity contribution >= 4 is 18.7 Å². The molecular formula is C18H35NO7S. The van der Waals surface area contributed by atoms with Crippen molar-refractivity contribution < 1.29 is 33.2 Å². The molecule has 1 N–H and O–H groups in total. The van der Waals surface area contributed by atoms with Crippen LogP contribution in [0.3, 0.4) is 0 Å². The molecule has 0 radical (unpaired) electrons. The molecular weight excluding hydrogens is 374 g/mol. The number of hydrogen-bond donors (Lipinski definition) is 2. The predicted molar refractivity (Wildman–Crippen MR) is 105 cm³/mol. The van der Waals surface area contributed by atoms with E-state index in [9.17, 15) is 4.79 Å². The highest BCUT2D eigenvalue weighted by Crippen LogP contribution is 2.24. The number of rotatable bonds is 16. The molecule has 27 heavy (non-hydrogen) atoms. The van der Waals surface area contributed by atoms with Gasteiger partial charge in [0.25, 0.3) is 0 Å². The van der Waals surface area contributed by atoms with Gasteiger partial charge in [-0.05, 0) is 25.7 Å². The largest absolute Gasteiger partial charge is 0.446 e. The molecule has 160 valence electrons. The Morgan fingerprint density at radius 1 is 0.815 bits per heavy atom. The van der Waals surface area contributed by atoms with Crippen molar-refractivity contribution in [2.45, 2.75) is 37.0 Å². The number of methoxy groups -OCH3 is 1. The summed E-state index contributed by atoms with van der Waals surface area (Å²) in [6.07, 6.45) is 3.41. The summed E-state index contributed by atoms with van der Waals surface area (Å²) in [6, 6.07) is 0. The van der Waals surface area contributed by atoms with E-state index < -0.39 is 0 Å². The summed E-state index contributed by atoms with van der Waals surface area (Å²) in [7, 11) is 1.64. The van der Waals surface area contributed by atoms with Crippen molar-refractivity contribution in [3.05, 3.63) is 0 Å². The van der Waals surface area contributed by atoms with Gasteiger partial charge in [0, 0.05) is 18.9 Å². The van der Waals surface area contributed by atoms with E-state index in [1.807, 2.05) is 0 Å². The Kier molecular flexibility index (Phi) is 15.9. The quantitative estimate of drug-likeness (QED) is 0.296. The zero-order valence-electron chi connectivity index (χ0n) is 16.4. The van der Waals surface area contributed by atoms with Crippen LogP contribution in [0.4, 0.5) is 4.79 Å². The number of carbonyl (C=O) groups is 1. The molecule has 9 heteroatoms. The van der Waals surface area contributed by atoms with Gasteiger partial charge in [-0.15, -0.1) is 0 Å². The first-order valence-corrected chi connectivity index (χ1v) is 10.2. The summed E-state index contributed by atoms with van der Waals surface area (Å²) in [5.41, 5.74) is 0. The van der Waals surface area contributed by atoms with Gasteiger partial charge < -0.3 is 33.7 Å². The summed E-state index contributed by atoms with van der Waals surface area (Å²) < 4.78 is 31.6. The van der Waals surface area contributed by atoms with Gasteiger partial charge in [-0.1, -0.05) is 0 Å². The van der Waals surface area contributed by atoms with Gasteiger partial charge >= 0.3 is 6.09 Å². The van der Waals surface area contributed by atoms with E-state index in [-0.39, 0.29) is 12.2 Å². The van der Waals surface area contributed by atoms with E-state index in [0.717, 1.165) is 25.7 Å². The first-order valence-electron chi connectivity index (χ1n) is 9.65. The van der Waals surface area contributed by atoms with Gasteiger partial charge in [0.1, 0.15) is 6.10 Å². The van der Waals surface area contributed by atoms with E-state index >= 15 is 0 Å². The normalized spacial score (nSPS) is 19.8. The molecule has 0 spiro atoms. The first-order chi connectivity index (χ1) is 13.2. The zero-order chi connectivity index (χ0) is 19.6. The summed E-state index contributed by atoms with van der Waals surface area (Å²) >= 11 is 4.43. The van der Waals surface area contributed by atoms with Crippen LogP contribution in [-0.4, -0.2) is 90.6 Å². The molecule has 0 unspecified atom stereocenters. The maximum absolute atomic E-state index is 11.7. The smallest absolute Gasteiger partial charge is 0.407 e. The molecule has 1 saturated carbocycles. The molecule has 0 atom stereocenters. The Balaban J connectivity index is 1.75. The molecule has 0 aliphatic heterocycles. The molecule has 0 aromatic heterocycles. The van der Waals surface area contributed by atoms with Gasteiger partial charge in [-0.2, -0.15) is 12.6 Å². The van der Waals surface area contributed by atoms with Crippen molar-refractivity contribution in [1.29, 1.82) is 0 Å². The fourth-order valence-electron chi connectivity index (χ4n) is 2.49. The Morgan fingerprint density at radius 2 is 1.30 bits per heavy atom. The fraction of sp³-hybridized carbons (Fsp3) is 0.944. The number of amides is 1. The standard InChI is InChI=1S/C18H35NO7S/c1-21-8-9-23-12-13-25-15-14-24-11-10-22-7-6-19-18(20)26-16-2-4-17(27)5-3-16/h16-17,27H,2-15H2,1H3,(H,19,20). The van der Waals surface area contributed by atoms with Crippen LogP contribution < -0.4 is 5.32 Å².